The Labute approximate surface area is 147 Å². The van der Waals surface area contributed by atoms with Gasteiger partial charge in [-0.25, -0.2) is 4.79 Å². The van der Waals surface area contributed by atoms with Crippen LogP contribution in [0, 0.1) is 5.92 Å². The first-order valence-electron chi connectivity index (χ1n) is 8.57. The largest absolute Gasteiger partial charge is 0.464 e. The maximum absolute atomic E-state index is 12.1. The third kappa shape index (κ3) is 6.54. The van der Waals surface area contributed by atoms with Gasteiger partial charge in [0.15, 0.2) is 0 Å². The zero-order valence-electron chi connectivity index (χ0n) is 14.6. The van der Waals surface area contributed by atoms with E-state index in [4.69, 9.17) is 4.74 Å². The van der Waals surface area contributed by atoms with Gasteiger partial charge < -0.3 is 20.7 Å². The van der Waals surface area contributed by atoms with Gasteiger partial charge in [0.25, 0.3) is 5.91 Å². The Bertz CT molecular complexity index is 611. The maximum Gasteiger partial charge on any atom is 0.328 e. The Kier molecular flexibility index (Phi) is 6.94. The van der Waals surface area contributed by atoms with Crippen LogP contribution in [-0.2, 0) is 14.3 Å². The number of ether oxygens (including phenoxy) is 1. The first kappa shape index (κ1) is 18.9. The topological polar surface area (TPSA) is 96.5 Å². The van der Waals surface area contributed by atoms with Gasteiger partial charge in [-0.1, -0.05) is 0 Å². The molecule has 1 aromatic rings. The normalized spacial score (nSPS) is 14.5. The van der Waals surface area contributed by atoms with Crippen molar-refractivity contribution in [3.63, 3.8) is 0 Å². The predicted molar refractivity (Wildman–Crippen MR) is 94.2 cm³/mol. The van der Waals surface area contributed by atoms with E-state index in [0.717, 1.165) is 12.5 Å². The van der Waals surface area contributed by atoms with E-state index in [0.29, 0.717) is 11.3 Å². The fourth-order valence-electron chi connectivity index (χ4n) is 2.23. The number of nitrogens with one attached hydrogen (secondary N) is 3. The molecule has 1 aromatic carbocycles. The molecule has 0 saturated heterocycles. The van der Waals surface area contributed by atoms with Crippen LogP contribution in [0.4, 0.5) is 5.69 Å². The highest BCUT2D eigenvalue weighted by atomic mass is 16.5. The first-order chi connectivity index (χ1) is 12.0. The van der Waals surface area contributed by atoms with Crippen LogP contribution in [0.3, 0.4) is 0 Å². The minimum Gasteiger partial charge on any atom is -0.464 e. The molecule has 2 rings (SSSR count). The SMILES string of the molecule is CCOC(=O)C(C)NC(=O)c1ccc(NC(=O)CNCC2CC2)cc1. The molecular weight excluding hydrogens is 322 g/mol. The number of carbonyl (C=O) groups excluding carboxylic acids is 3. The Balaban J connectivity index is 1.78. The predicted octanol–water partition coefficient (Wildman–Crippen LogP) is 1.31. The van der Waals surface area contributed by atoms with E-state index in [-0.39, 0.29) is 25.0 Å². The summed E-state index contributed by atoms with van der Waals surface area (Å²) in [6.45, 7) is 4.70. The number of carbonyl (C=O) groups is 3. The standard InChI is InChI=1S/C18H25N3O4/c1-3-25-18(24)12(2)20-17(23)14-6-8-15(9-7-14)21-16(22)11-19-10-13-4-5-13/h6-9,12-13,19H,3-5,10-11H2,1-2H3,(H,20,23)(H,21,22). The molecule has 1 fully saturated rings. The lowest BCUT2D eigenvalue weighted by molar-refractivity contribution is -0.144. The molecule has 1 aliphatic rings. The second kappa shape index (κ2) is 9.17. The van der Waals surface area contributed by atoms with Crippen molar-refractivity contribution in [3.8, 4) is 0 Å². The van der Waals surface area contributed by atoms with E-state index in [1.807, 2.05) is 0 Å². The fourth-order valence-corrected chi connectivity index (χ4v) is 2.23. The summed E-state index contributed by atoms with van der Waals surface area (Å²) in [6.07, 6.45) is 2.49. The molecule has 3 N–H and O–H groups in total. The van der Waals surface area contributed by atoms with Crippen LogP contribution in [0.2, 0.25) is 0 Å². The van der Waals surface area contributed by atoms with E-state index >= 15 is 0 Å². The second-order valence-corrected chi connectivity index (χ2v) is 6.15. The number of hydrogen-bond acceptors (Lipinski definition) is 5. The van der Waals surface area contributed by atoms with E-state index < -0.39 is 12.0 Å². The van der Waals surface area contributed by atoms with Gasteiger partial charge in [-0.3, -0.25) is 9.59 Å². The molecule has 1 saturated carbocycles. The van der Waals surface area contributed by atoms with Gasteiger partial charge in [0.05, 0.1) is 13.2 Å². The molecular formula is C18H25N3O4. The quantitative estimate of drug-likeness (QED) is 0.585. The Hall–Kier alpha value is -2.41. The molecule has 0 radical (unpaired) electrons. The Morgan fingerprint density at radius 3 is 2.48 bits per heavy atom. The summed E-state index contributed by atoms with van der Waals surface area (Å²) < 4.78 is 4.85. The summed E-state index contributed by atoms with van der Waals surface area (Å²) in [6, 6.07) is 5.79. The summed E-state index contributed by atoms with van der Waals surface area (Å²) in [4.78, 5) is 35.4. The lowest BCUT2D eigenvalue weighted by atomic mass is 10.2. The van der Waals surface area contributed by atoms with Crippen molar-refractivity contribution in [1.29, 1.82) is 0 Å². The molecule has 1 unspecified atom stereocenters. The molecule has 7 heteroatoms. The average molecular weight is 347 g/mol. The van der Waals surface area contributed by atoms with Crippen molar-refractivity contribution in [2.24, 2.45) is 5.92 Å². The molecule has 0 spiro atoms. The van der Waals surface area contributed by atoms with Crippen LogP contribution >= 0.6 is 0 Å². The summed E-state index contributed by atoms with van der Waals surface area (Å²) >= 11 is 0. The number of benzene rings is 1. The van der Waals surface area contributed by atoms with Crippen LogP contribution in [0.25, 0.3) is 0 Å². The summed E-state index contributed by atoms with van der Waals surface area (Å²) in [5.41, 5.74) is 1.02. The summed E-state index contributed by atoms with van der Waals surface area (Å²) in [5, 5.41) is 8.46. The molecule has 0 heterocycles. The smallest absolute Gasteiger partial charge is 0.328 e. The van der Waals surface area contributed by atoms with Crippen LogP contribution in [-0.4, -0.2) is 43.5 Å². The van der Waals surface area contributed by atoms with Gasteiger partial charge in [-0.05, 0) is 63.4 Å². The van der Waals surface area contributed by atoms with Gasteiger partial charge in [0, 0.05) is 11.3 Å². The van der Waals surface area contributed by atoms with Crippen LogP contribution in [0.1, 0.15) is 37.0 Å². The molecule has 25 heavy (non-hydrogen) atoms. The van der Waals surface area contributed by atoms with E-state index in [1.54, 1.807) is 38.1 Å². The molecule has 1 atom stereocenters. The third-order valence-corrected chi connectivity index (χ3v) is 3.83. The van der Waals surface area contributed by atoms with Crippen LogP contribution < -0.4 is 16.0 Å². The highest BCUT2D eigenvalue weighted by Gasteiger charge is 2.20. The van der Waals surface area contributed by atoms with Crippen LogP contribution in [0.5, 0.6) is 0 Å². The molecule has 7 nitrogen and oxygen atoms in total. The van der Waals surface area contributed by atoms with Crippen molar-refractivity contribution in [3.05, 3.63) is 29.8 Å². The number of esters is 1. The van der Waals surface area contributed by atoms with Crippen molar-refractivity contribution in [1.82, 2.24) is 10.6 Å². The number of amides is 2. The maximum atomic E-state index is 12.1. The van der Waals surface area contributed by atoms with Gasteiger partial charge in [-0.15, -0.1) is 0 Å². The van der Waals surface area contributed by atoms with Crippen molar-refractivity contribution in [2.75, 3.05) is 25.0 Å². The zero-order chi connectivity index (χ0) is 18.2. The summed E-state index contributed by atoms with van der Waals surface area (Å²) in [7, 11) is 0. The Morgan fingerprint density at radius 1 is 1.20 bits per heavy atom. The van der Waals surface area contributed by atoms with Gasteiger partial charge in [0.2, 0.25) is 5.91 Å². The van der Waals surface area contributed by atoms with Gasteiger partial charge >= 0.3 is 5.97 Å². The highest BCUT2D eigenvalue weighted by molar-refractivity contribution is 5.97. The van der Waals surface area contributed by atoms with Crippen molar-refractivity contribution >= 4 is 23.5 Å². The van der Waals surface area contributed by atoms with E-state index in [1.165, 1.54) is 12.8 Å². The van der Waals surface area contributed by atoms with Crippen molar-refractivity contribution in [2.45, 2.75) is 32.7 Å². The minimum atomic E-state index is -0.718. The van der Waals surface area contributed by atoms with E-state index in [9.17, 15) is 14.4 Å². The molecule has 0 aliphatic heterocycles. The van der Waals surface area contributed by atoms with Gasteiger partial charge in [-0.2, -0.15) is 0 Å². The number of anilines is 1. The third-order valence-electron chi connectivity index (χ3n) is 3.83. The van der Waals surface area contributed by atoms with Crippen LogP contribution in [0.15, 0.2) is 24.3 Å². The average Bonchev–Trinajstić information content (AvgIpc) is 3.40. The molecule has 136 valence electrons. The number of rotatable bonds is 9. The van der Waals surface area contributed by atoms with E-state index in [2.05, 4.69) is 16.0 Å². The van der Waals surface area contributed by atoms with Gasteiger partial charge in [0.1, 0.15) is 6.04 Å². The Morgan fingerprint density at radius 2 is 1.88 bits per heavy atom. The molecule has 1 aliphatic carbocycles. The monoisotopic (exact) mass is 347 g/mol. The second-order valence-electron chi connectivity index (χ2n) is 6.15. The molecule has 0 aromatic heterocycles. The lowest BCUT2D eigenvalue weighted by Crippen LogP contribution is -2.39. The molecule has 0 bridgehead atoms. The summed E-state index contributed by atoms with van der Waals surface area (Å²) in [5.74, 6) is -0.237. The zero-order valence-corrected chi connectivity index (χ0v) is 14.6. The minimum absolute atomic E-state index is 0.117. The first-order valence-corrected chi connectivity index (χ1v) is 8.57. The molecule has 2 amide bonds. The highest BCUT2D eigenvalue weighted by Crippen LogP contribution is 2.27. The fraction of sp³-hybridized carbons (Fsp3) is 0.500. The number of hydrogen-bond donors (Lipinski definition) is 3. The lowest BCUT2D eigenvalue weighted by Gasteiger charge is -2.13. The van der Waals surface area contributed by atoms with Crippen molar-refractivity contribution < 1.29 is 19.1 Å².